The maximum Gasteiger partial charge on any atom is 0.310 e. The Bertz CT molecular complexity index is 417. The van der Waals surface area contributed by atoms with E-state index in [2.05, 4.69) is 0 Å². The Hall–Kier alpha value is -1.62. The van der Waals surface area contributed by atoms with Gasteiger partial charge in [0, 0.05) is 12.7 Å². The summed E-state index contributed by atoms with van der Waals surface area (Å²) >= 11 is 0. The molecule has 0 bridgehead atoms. The van der Waals surface area contributed by atoms with Crippen molar-refractivity contribution in [3.05, 3.63) is 29.1 Å². The smallest absolute Gasteiger partial charge is 0.310 e. The predicted octanol–water partition coefficient (Wildman–Crippen LogP) is 2.17. The summed E-state index contributed by atoms with van der Waals surface area (Å²) in [6, 6.07) is 2.65. The van der Waals surface area contributed by atoms with Crippen LogP contribution in [0.2, 0.25) is 0 Å². The van der Waals surface area contributed by atoms with Crippen molar-refractivity contribution < 1.29 is 23.8 Å². The lowest BCUT2D eigenvalue weighted by molar-refractivity contribution is -0.138. The number of methoxy groups -OCH3 is 2. The molecule has 0 aliphatic heterocycles. The lowest BCUT2D eigenvalue weighted by Gasteiger charge is -2.16. The fourth-order valence-corrected chi connectivity index (χ4v) is 1.62. The van der Waals surface area contributed by atoms with Crippen LogP contribution in [-0.4, -0.2) is 25.3 Å². The first-order valence-corrected chi connectivity index (χ1v) is 5.09. The quantitative estimate of drug-likeness (QED) is 0.859. The van der Waals surface area contributed by atoms with Crippen molar-refractivity contribution in [2.24, 2.45) is 0 Å². The molecule has 0 heterocycles. The molecule has 0 aromatic heterocycles. The fraction of sp³-hybridized carbons (Fsp3) is 0.417. The van der Waals surface area contributed by atoms with Crippen LogP contribution in [-0.2, 0) is 16.1 Å². The van der Waals surface area contributed by atoms with Crippen molar-refractivity contribution in [1.82, 2.24) is 0 Å². The Balaban J connectivity index is 3.32. The van der Waals surface area contributed by atoms with Gasteiger partial charge in [-0.2, -0.15) is 0 Å². The molecule has 0 radical (unpaired) electrons. The van der Waals surface area contributed by atoms with Gasteiger partial charge in [0.1, 0.15) is 11.6 Å². The second kappa shape index (κ2) is 5.63. The van der Waals surface area contributed by atoms with Gasteiger partial charge in [0.15, 0.2) is 0 Å². The van der Waals surface area contributed by atoms with E-state index in [-0.39, 0.29) is 17.9 Å². The molecule has 0 aliphatic carbocycles. The van der Waals surface area contributed by atoms with E-state index in [9.17, 15) is 9.18 Å². The topological polar surface area (TPSA) is 55.8 Å². The van der Waals surface area contributed by atoms with E-state index in [4.69, 9.17) is 14.6 Å². The molecule has 0 amide bonds. The van der Waals surface area contributed by atoms with E-state index in [1.54, 1.807) is 0 Å². The molecule has 94 valence electrons. The van der Waals surface area contributed by atoms with Gasteiger partial charge in [-0.1, -0.05) is 6.07 Å². The van der Waals surface area contributed by atoms with Crippen LogP contribution in [0.25, 0.3) is 0 Å². The number of hydrogen-bond donors (Lipinski definition) is 1. The zero-order chi connectivity index (χ0) is 13.0. The summed E-state index contributed by atoms with van der Waals surface area (Å²) in [5.74, 6) is -1.98. The minimum atomic E-state index is -0.988. The molecule has 1 aromatic rings. The van der Waals surface area contributed by atoms with E-state index in [1.165, 1.54) is 33.3 Å². The molecule has 4 nitrogen and oxygen atoms in total. The van der Waals surface area contributed by atoms with Gasteiger partial charge in [0.05, 0.1) is 25.2 Å². The molecule has 5 heteroatoms. The number of ether oxygens (including phenoxy) is 2. The molecule has 0 fully saturated rings. The summed E-state index contributed by atoms with van der Waals surface area (Å²) in [5.41, 5.74) is 0.675. The first kappa shape index (κ1) is 13.4. The van der Waals surface area contributed by atoms with E-state index in [1.807, 2.05) is 0 Å². The lowest BCUT2D eigenvalue weighted by atomic mass is 9.97. The van der Waals surface area contributed by atoms with Gasteiger partial charge in [-0.15, -0.1) is 0 Å². The van der Waals surface area contributed by atoms with Crippen LogP contribution >= 0.6 is 0 Å². The summed E-state index contributed by atoms with van der Waals surface area (Å²) in [6.45, 7) is 1.56. The third kappa shape index (κ3) is 2.74. The van der Waals surface area contributed by atoms with Gasteiger partial charge in [-0.05, 0) is 13.0 Å². The van der Waals surface area contributed by atoms with E-state index in [0.717, 1.165) is 0 Å². The maximum atomic E-state index is 13.6. The first-order valence-electron chi connectivity index (χ1n) is 5.09. The van der Waals surface area contributed by atoms with Crippen molar-refractivity contribution in [3.63, 3.8) is 0 Å². The van der Waals surface area contributed by atoms with Crippen LogP contribution in [0.1, 0.15) is 24.0 Å². The van der Waals surface area contributed by atoms with Gasteiger partial charge in [0.2, 0.25) is 0 Å². The zero-order valence-electron chi connectivity index (χ0n) is 9.99. The highest BCUT2D eigenvalue weighted by atomic mass is 19.1. The monoisotopic (exact) mass is 242 g/mol. The molecular weight excluding hydrogens is 227 g/mol. The lowest BCUT2D eigenvalue weighted by Crippen LogP contribution is -2.11. The van der Waals surface area contributed by atoms with Crippen LogP contribution in [0.15, 0.2) is 12.1 Å². The normalized spacial score (nSPS) is 12.2. The number of carboxylic acid groups (broad SMARTS) is 1. The van der Waals surface area contributed by atoms with Crippen molar-refractivity contribution in [3.8, 4) is 5.75 Å². The SMILES string of the molecule is COCc1c(F)ccc(C(C)C(=O)O)c1OC. The summed E-state index contributed by atoms with van der Waals surface area (Å²) in [6.07, 6.45) is 0. The summed E-state index contributed by atoms with van der Waals surface area (Å²) < 4.78 is 23.5. The molecular formula is C12H15FO4. The fourth-order valence-electron chi connectivity index (χ4n) is 1.62. The molecule has 0 aliphatic rings. The number of aliphatic carboxylic acids is 1. The Kier molecular flexibility index (Phi) is 4.45. The van der Waals surface area contributed by atoms with Crippen molar-refractivity contribution in [2.75, 3.05) is 14.2 Å². The number of hydrogen-bond acceptors (Lipinski definition) is 3. The van der Waals surface area contributed by atoms with Gasteiger partial charge < -0.3 is 14.6 Å². The van der Waals surface area contributed by atoms with Crippen molar-refractivity contribution in [1.29, 1.82) is 0 Å². The van der Waals surface area contributed by atoms with Crippen LogP contribution in [0.5, 0.6) is 5.75 Å². The number of halogens is 1. The minimum absolute atomic E-state index is 0.0369. The second-order valence-corrected chi connectivity index (χ2v) is 3.64. The molecule has 1 atom stereocenters. The summed E-state index contributed by atoms with van der Waals surface area (Å²) in [4.78, 5) is 10.9. The van der Waals surface area contributed by atoms with E-state index < -0.39 is 17.7 Å². The van der Waals surface area contributed by atoms with Crippen LogP contribution in [0.3, 0.4) is 0 Å². The van der Waals surface area contributed by atoms with Gasteiger partial charge in [-0.25, -0.2) is 4.39 Å². The van der Waals surface area contributed by atoms with Crippen LogP contribution in [0.4, 0.5) is 4.39 Å². The highest BCUT2D eigenvalue weighted by Gasteiger charge is 2.22. The number of rotatable bonds is 5. The third-order valence-electron chi connectivity index (χ3n) is 2.56. The molecule has 1 aromatic carbocycles. The summed E-state index contributed by atoms with van der Waals surface area (Å²) in [5, 5.41) is 8.96. The highest BCUT2D eigenvalue weighted by Crippen LogP contribution is 2.32. The zero-order valence-corrected chi connectivity index (χ0v) is 9.99. The number of carboxylic acids is 1. The first-order chi connectivity index (χ1) is 8.02. The third-order valence-corrected chi connectivity index (χ3v) is 2.56. The standard InChI is InChI=1S/C12H15FO4/c1-7(12(14)15)8-4-5-10(13)9(6-16-2)11(8)17-3/h4-5,7H,6H2,1-3H3,(H,14,15). The minimum Gasteiger partial charge on any atom is -0.496 e. The largest absolute Gasteiger partial charge is 0.496 e. The highest BCUT2D eigenvalue weighted by molar-refractivity contribution is 5.77. The Labute approximate surface area is 99.0 Å². The van der Waals surface area contributed by atoms with Gasteiger partial charge in [0.25, 0.3) is 0 Å². The van der Waals surface area contributed by atoms with Crippen molar-refractivity contribution in [2.45, 2.75) is 19.4 Å². The predicted molar refractivity (Wildman–Crippen MR) is 59.7 cm³/mol. The molecule has 0 saturated carbocycles. The van der Waals surface area contributed by atoms with Crippen LogP contribution in [0, 0.1) is 5.82 Å². The number of benzene rings is 1. The van der Waals surface area contributed by atoms with Gasteiger partial charge >= 0.3 is 5.97 Å². The van der Waals surface area contributed by atoms with E-state index in [0.29, 0.717) is 5.56 Å². The molecule has 0 spiro atoms. The van der Waals surface area contributed by atoms with Gasteiger partial charge in [-0.3, -0.25) is 4.79 Å². The molecule has 1 N–H and O–H groups in total. The van der Waals surface area contributed by atoms with E-state index >= 15 is 0 Å². The second-order valence-electron chi connectivity index (χ2n) is 3.64. The molecule has 1 unspecified atom stereocenters. The Morgan fingerprint density at radius 2 is 2.12 bits per heavy atom. The molecule has 17 heavy (non-hydrogen) atoms. The van der Waals surface area contributed by atoms with Crippen molar-refractivity contribution >= 4 is 5.97 Å². The summed E-state index contributed by atoms with van der Waals surface area (Å²) in [7, 11) is 2.82. The average Bonchev–Trinajstić information content (AvgIpc) is 2.30. The average molecular weight is 242 g/mol. The Morgan fingerprint density at radius 1 is 1.47 bits per heavy atom. The van der Waals surface area contributed by atoms with Crippen LogP contribution < -0.4 is 4.74 Å². The Morgan fingerprint density at radius 3 is 2.59 bits per heavy atom. The number of carbonyl (C=O) groups is 1. The molecule has 1 rings (SSSR count). The maximum absolute atomic E-state index is 13.6. The molecule has 0 saturated heterocycles.